The van der Waals surface area contributed by atoms with Gasteiger partial charge in [-0.25, -0.2) is 4.79 Å². The van der Waals surface area contributed by atoms with Crippen LogP contribution in [0.15, 0.2) is 42.5 Å². The lowest BCUT2D eigenvalue weighted by Crippen LogP contribution is -2.38. The van der Waals surface area contributed by atoms with Gasteiger partial charge in [0.15, 0.2) is 0 Å². The predicted molar refractivity (Wildman–Crippen MR) is 120 cm³/mol. The predicted octanol–water partition coefficient (Wildman–Crippen LogP) is 3.97. The van der Waals surface area contributed by atoms with Crippen LogP contribution >= 0.6 is 0 Å². The number of piperidine rings is 1. The lowest BCUT2D eigenvalue weighted by Gasteiger charge is -2.34. The molecule has 2 aliphatic heterocycles. The van der Waals surface area contributed by atoms with Crippen LogP contribution in [0.25, 0.3) is 0 Å². The first kappa shape index (κ1) is 20.3. The van der Waals surface area contributed by atoms with E-state index in [1.54, 1.807) is 14.1 Å². The number of nitrogens with zero attached hydrogens (tertiary/aromatic N) is 3. The zero-order valence-electron chi connectivity index (χ0n) is 17.9. The van der Waals surface area contributed by atoms with E-state index in [-0.39, 0.29) is 11.9 Å². The maximum Gasteiger partial charge on any atom is 0.321 e. The molecule has 4 rings (SSSR count). The maximum atomic E-state index is 13.5. The van der Waals surface area contributed by atoms with Crippen molar-refractivity contribution >= 4 is 23.3 Å². The number of urea groups is 1. The number of carbonyl (C=O) groups is 2. The van der Waals surface area contributed by atoms with Gasteiger partial charge in [0.05, 0.1) is 5.56 Å². The highest BCUT2D eigenvalue weighted by Gasteiger charge is 2.25. The summed E-state index contributed by atoms with van der Waals surface area (Å²) >= 11 is 0. The summed E-state index contributed by atoms with van der Waals surface area (Å²) in [6.45, 7) is 3.27. The molecule has 2 aromatic carbocycles. The average Bonchev–Trinajstić information content (AvgIpc) is 2.78. The Balaban J connectivity index is 1.66. The minimum absolute atomic E-state index is 0.0597. The molecule has 1 saturated heterocycles. The normalized spacial score (nSPS) is 16.1. The highest BCUT2D eigenvalue weighted by atomic mass is 16.2. The minimum Gasteiger partial charge on any atom is -0.366 e. The van der Waals surface area contributed by atoms with Gasteiger partial charge in [-0.2, -0.15) is 0 Å². The van der Waals surface area contributed by atoms with Crippen molar-refractivity contribution in [3.05, 3.63) is 59.2 Å². The summed E-state index contributed by atoms with van der Waals surface area (Å²) in [6.07, 6.45) is 4.25. The molecule has 2 heterocycles. The van der Waals surface area contributed by atoms with Crippen molar-refractivity contribution in [3.8, 4) is 0 Å². The smallest absolute Gasteiger partial charge is 0.321 e. The third-order valence-corrected chi connectivity index (χ3v) is 6.00. The number of nitrogens with one attached hydrogen (secondary N) is 1. The van der Waals surface area contributed by atoms with E-state index in [4.69, 9.17) is 0 Å². The summed E-state index contributed by atoms with van der Waals surface area (Å²) in [6, 6.07) is 14.0. The monoisotopic (exact) mass is 406 g/mol. The number of likely N-dealkylation sites (tertiary alicyclic amines) is 1. The van der Waals surface area contributed by atoms with E-state index in [2.05, 4.69) is 34.5 Å². The molecule has 1 N–H and O–H groups in total. The van der Waals surface area contributed by atoms with E-state index >= 15 is 0 Å². The Morgan fingerprint density at radius 2 is 1.67 bits per heavy atom. The fourth-order valence-corrected chi connectivity index (χ4v) is 4.26. The van der Waals surface area contributed by atoms with E-state index in [1.807, 2.05) is 23.1 Å². The van der Waals surface area contributed by atoms with E-state index in [9.17, 15) is 9.59 Å². The Bertz CT molecular complexity index is 935. The number of hydrogen-bond donors (Lipinski definition) is 1. The molecule has 0 aliphatic carbocycles. The van der Waals surface area contributed by atoms with E-state index in [0.29, 0.717) is 11.3 Å². The van der Waals surface area contributed by atoms with Gasteiger partial charge in [-0.1, -0.05) is 24.3 Å². The van der Waals surface area contributed by atoms with Gasteiger partial charge in [-0.3, -0.25) is 4.79 Å². The molecule has 0 radical (unpaired) electrons. The molecular weight excluding hydrogens is 376 g/mol. The second-order valence-corrected chi connectivity index (χ2v) is 8.35. The van der Waals surface area contributed by atoms with Crippen molar-refractivity contribution in [2.24, 2.45) is 0 Å². The van der Waals surface area contributed by atoms with Gasteiger partial charge in [0.25, 0.3) is 5.91 Å². The molecular formula is C24H30N4O2. The van der Waals surface area contributed by atoms with Gasteiger partial charge in [0.1, 0.15) is 0 Å². The van der Waals surface area contributed by atoms with Crippen LogP contribution in [0, 0.1) is 0 Å². The lowest BCUT2D eigenvalue weighted by atomic mass is 9.98. The van der Waals surface area contributed by atoms with Gasteiger partial charge in [-0.05, 0) is 55.0 Å². The highest BCUT2D eigenvalue weighted by Crippen LogP contribution is 2.31. The highest BCUT2D eigenvalue weighted by molar-refractivity contribution is 6.02. The van der Waals surface area contributed by atoms with Crippen LogP contribution in [-0.2, 0) is 13.0 Å². The fourth-order valence-electron chi connectivity index (χ4n) is 4.26. The molecule has 0 atom stereocenters. The largest absolute Gasteiger partial charge is 0.366 e. The third-order valence-electron chi connectivity index (χ3n) is 6.00. The zero-order chi connectivity index (χ0) is 21.1. The standard InChI is InChI=1S/C24H30N4O2/c1-26(2)24(30)25-20-10-11-22(21(16-20)23(29)27-13-6-3-7-14-27)28-15-12-18-8-4-5-9-19(18)17-28/h4-5,8-11,16H,3,6-7,12-15,17H2,1-2H3,(H,25,30). The maximum absolute atomic E-state index is 13.5. The summed E-state index contributed by atoms with van der Waals surface area (Å²) in [5.41, 5.74) is 4.96. The number of amides is 3. The number of benzene rings is 2. The summed E-state index contributed by atoms with van der Waals surface area (Å²) in [4.78, 5) is 31.3. The number of carbonyl (C=O) groups excluding carboxylic acids is 2. The van der Waals surface area contributed by atoms with Crippen LogP contribution in [-0.4, -0.2) is 55.5 Å². The van der Waals surface area contributed by atoms with Crippen LogP contribution < -0.4 is 10.2 Å². The fraction of sp³-hybridized carbons (Fsp3) is 0.417. The zero-order valence-corrected chi connectivity index (χ0v) is 17.9. The third kappa shape index (κ3) is 4.27. The van der Waals surface area contributed by atoms with E-state index in [1.165, 1.54) is 22.4 Å². The van der Waals surface area contributed by atoms with Gasteiger partial charge < -0.3 is 20.0 Å². The quantitative estimate of drug-likeness (QED) is 0.839. The minimum atomic E-state index is -0.203. The molecule has 0 unspecified atom stereocenters. The van der Waals surface area contributed by atoms with Gasteiger partial charge in [0, 0.05) is 51.6 Å². The molecule has 2 aromatic rings. The van der Waals surface area contributed by atoms with Gasteiger partial charge >= 0.3 is 6.03 Å². The van der Waals surface area contributed by atoms with E-state index in [0.717, 1.165) is 51.1 Å². The molecule has 0 bridgehead atoms. The van der Waals surface area contributed by atoms with Crippen molar-refractivity contribution in [2.75, 3.05) is 43.9 Å². The number of rotatable bonds is 3. The van der Waals surface area contributed by atoms with Crippen molar-refractivity contribution in [1.29, 1.82) is 0 Å². The second-order valence-electron chi connectivity index (χ2n) is 8.35. The number of hydrogen-bond acceptors (Lipinski definition) is 3. The number of fused-ring (bicyclic) bond motifs is 1. The van der Waals surface area contributed by atoms with Crippen LogP contribution in [0.3, 0.4) is 0 Å². The molecule has 30 heavy (non-hydrogen) atoms. The first-order valence-electron chi connectivity index (χ1n) is 10.8. The van der Waals surface area contributed by atoms with Crippen LogP contribution in [0.5, 0.6) is 0 Å². The first-order chi connectivity index (χ1) is 14.5. The molecule has 0 saturated carbocycles. The molecule has 6 nitrogen and oxygen atoms in total. The molecule has 1 fully saturated rings. The molecule has 0 spiro atoms. The Hall–Kier alpha value is -3.02. The Morgan fingerprint density at radius 3 is 2.40 bits per heavy atom. The first-order valence-corrected chi connectivity index (χ1v) is 10.8. The van der Waals surface area contributed by atoms with Gasteiger partial charge in [-0.15, -0.1) is 0 Å². The second kappa shape index (κ2) is 8.78. The van der Waals surface area contributed by atoms with Gasteiger partial charge in [0.2, 0.25) is 0 Å². The Morgan fingerprint density at radius 1 is 0.933 bits per heavy atom. The summed E-state index contributed by atoms with van der Waals surface area (Å²) in [5.74, 6) is 0.0597. The van der Waals surface area contributed by atoms with Crippen molar-refractivity contribution in [1.82, 2.24) is 9.80 Å². The molecule has 3 amide bonds. The molecule has 2 aliphatic rings. The summed E-state index contributed by atoms with van der Waals surface area (Å²) < 4.78 is 0. The van der Waals surface area contributed by atoms with Crippen molar-refractivity contribution < 1.29 is 9.59 Å². The molecule has 0 aromatic heterocycles. The molecule has 6 heteroatoms. The van der Waals surface area contributed by atoms with Crippen LogP contribution in [0.4, 0.5) is 16.2 Å². The summed E-state index contributed by atoms with van der Waals surface area (Å²) in [7, 11) is 3.41. The van der Waals surface area contributed by atoms with E-state index < -0.39 is 0 Å². The van der Waals surface area contributed by atoms with Crippen LogP contribution in [0.1, 0.15) is 40.7 Å². The Labute approximate surface area is 178 Å². The van der Waals surface area contributed by atoms with Crippen molar-refractivity contribution in [2.45, 2.75) is 32.2 Å². The Kier molecular flexibility index (Phi) is 5.93. The average molecular weight is 407 g/mol. The topological polar surface area (TPSA) is 55.9 Å². The SMILES string of the molecule is CN(C)C(=O)Nc1ccc(N2CCc3ccccc3C2)c(C(=O)N2CCCCC2)c1. The van der Waals surface area contributed by atoms with Crippen molar-refractivity contribution in [3.63, 3.8) is 0 Å². The molecule has 158 valence electrons. The summed E-state index contributed by atoms with van der Waals surface area (Å²) in [5, 5.41) is 2.88. The van der Waals surface area contributed by atoms with Crippen LogP contribution in [0.2, 0.25) is 0 Å². The number of anilines is 2. The lowest BCUT2D eigenvalue weighted by molar-refractivity contribution is 0.0725.